The molecule has 0 saturated heterocycles. The van der Waals surface area contributed by atoms with E-state index in [0.29, 0.717) is 13.2 Å². The average molecular weight is 244 g/mol. The Hall–Kier alpha value is -1.06. The smallest absolute Gasteiger partial charge is 0.309 e. The summed E-state index contributed by atoms with van der Waals surface area (Å²) in [5, 5.41) is 0. The average Bonchev–Trinajstić information content (AvgIpc) is 2.29. The maximum absolute atomic E-state index is 11.5. The molecule has 0 bridgehead atoms. The molecule has 0 aromatic rings. The molecule has 4 nitrogen and oxygen atoms in total. The molecule has 0 aliphatic carbocycles. The quantitative estimate of drug-likeness (QED) is 0.462. The Morgan fingerprint density at radius 2 is 1.53 bits per heavy atom. The predicted molar refractivity (Wildman–Crippen MR) is 65.5 cm³/mol. The molecule has 0 rings (SSSR count). The van der Waals surface area contributed by atoms with Crippen LogP contribution in [0.4, 0.5) is 0 Å². The molecule has 0 heterocycles. The first-order valence-electron chi connectivity index (χ1n) is 6.44. The van der Waals surface area contributed by atoms with Crippen LogP contribution in [0.3, 0.4) is 0 Å². The Labute approximate surface area is 104 Å². The van der Waals surface area contributed by atoms with E-state index >= 15 is 0 Å². The molecule has 0 fully saturated rings. The van der Waals surface area contributed by atoms with Crippen LogP contribution in [0.15, 0.2) is 0 Å². The van der Waals surface area contributed by atoms with Crippen LogP contribution in [0.5, 0.6) is 0 Å². The van der Waals surface area contributed by atoms with Gasteiger partial charge in [0.25, 0.3) is 0 Å². The Morgan fingerprint density at radius 1 is 1.00 bits per heavy atom. The topological polar surface area (TPSA) is 52.6 Å². The first-order chi connectivity index (χ1) is 8.11. The fourth-order valence-electron chi connectivity index (χ4n) is 1.18. The van der Waals surface area contributed by atoms with Crippen molar-refractivity contribution < 1.29 is 19.1 Å². The molecule has 100 valence electrons. The third-order valence-electron chi connectivity index (χ3n) is 2.38. The lowest BCUT2D eigenvalue weighted by molar-refractivity contribution is -0.154. The number of carbonyl (C=O) groups is 2. The molecule has 0 aromatic carbocycles. The minimum Gasteiger partial charge on any atom is -0.466 e. The summed E-state index contributed by atoms with van der Waals surface area (Å²) in [7, 11) is 0. The van der Waals surface area contributed by atoms with E-state index in [1.807, 2.05) is 13.8 Å². The standard InChI is InChI=1S/C13H24O4/c1-4-6-8-16-12(14)10-11(3)13(15)17-9-7-5-2/h11H,4-10H2,1-3H3/t11-/m0/s1. The largest absolute Gasteiger partial charge is 0.466 e. The van der Waals surface area contributed by atoms with Crippen molar-refractivity contribution in [2.45, 2.75) is 52.9 Å². The van der Waals surface area contributed by atoms with Crippen LogP contribution in [0.1, 0.15) is 52.9 Å². The zero-order valence-electron chi connectivity index (χ0n) is 11.2. The van der Waals surface area contributed by atoms with E-state index in [1.165, 1.54) is 0 Å². The van der Waals surface area contributed by atoms with Crippen molar-refractivity contribution in [3.05, 3.63) is 0 Å². The van der Waals surface area contributed by atoms with E-state index in [9.17, 15) is 9.59 Å². The highest BCUT2D eigenvalue weighted by molar-refractivity contribution is 5.79. The molecule has 0 unspecified atom stereocenters. The van der Waals surface area contributed by atoms with Gasteiger partial charge in [-0.05, 0) is 12.8 Å². The van der Waals surface area contributed by atoms with Gasteiger partial charge < -0.3 is 9.47 Å². The molecule has 1 atom stereocenters. The number of esters is 2. The highest BCUT2D eigenvalue weighted by Crippen LogP contribution is 2.07. The summed E-state index contributed by atoms with van der Waals surface area (Å²) in [4.78, 5) is 22.8. The summed E-state index contributed by atoms with van der Waals surface area (Å²) in [6, 6.07) is 0. The van der Waals surface area contributed by atoms with Crippen molar-refractivity contribution in [2.75, 3.05) is 13.2 Å². The van der Waals surface area contributed by atoms with Gasteiger partial charge in [-0.1, -0.05) is 33.6 Å². The van der Waals surface area contributed by atoms with E-state index < -0.39 is 5.92 Å². The van der Waals surface area contributed by atoms with Crippen LogP contribution in [0, 0.1) is 5.92 Å². The van der Waals surface area contributed by atoms with Crippen molar-refractivity contribution in [1.29, 1.82) is 0 Å². The molecule has 0 aliphatic rings. The first-order valence-corrected chi connectivity index (χ1v) is 6.44. The van der Waals surface area contributed by atoms with Gasteiger partial charge in [-0.3, -0.25) is 9.59 Å². The maximum Gasteiger partial charge on any atom is 0.309 e. The van der Waals surface area contributed by atoms with Crippen molar-refractivity contribution in [1.82, 2.24) is 0 Å². The van der Waals surface area contributed by atoms with Gasteiger partial charge in [0.1, 0.15) is 0 Å². The number of hydrogen-bond donors (Lipinski definition) is 0. The predicted octanol–water partition coefficient (Wildman–Crippen LogP) is 2.70. The summed E-state index contributed by atoms with van der Waals surface area (Å²) in [5.41, 5.74) is 0. The molecule has 0 N–H and O–H groups in total. The lowest BCUT2D eigenvalue weighted by Crippen LogP contribution is -2.20. The SMILES string of the molecule is CCCCOC(=O)C[C@H](C)C(=O)OCCCC. The second kappa shape index (κ2) is 10.1. The van der Waals surface area contributed by atoms with E-state index in [1.54, 1.807) is 6.92 Å². The molecule has 0 amide bonds. The molecule has 0 radical (unpaired) electrons. The molecule has 0 aromatic heterocycles. The second-order valence-corrected chi connectivity index (χ2v) is 4.20. The number of ether oxygens (including phenoxy) is 2. The number of unbranched alkanes of at least 4 members (excludes halogenated alkanes) is 2. The molecule has 0 saturated carbocycles. The zero-order chi connectivity index (χ0) is 13.1. The van der Waals surface area contributed by atoms with Gasteiger partial charge in [-0.15, -0.1) is 0 Å². The Morgan fingerprint density at radius 3 is 2.06 bits per heavy atom. The summed E-state index contributed by atoms with van der Waals surface area (Å²) in [5.74, 6) is -1.05. The Balaban J connectivity index is 3.71. The van der Waals surface area contributed by atoms with Crippen molar-refractivity contribution >= 4 is 11.9 Å². The highest BCUT2D eigenvalue weighted by Gasteiger charge is 2.18. The van der Waals surface area contributed by atoms with Crippen LogP contribution in [-0.2, 0) is 19.1 Å². The molecule has 4 heteroatoms. The minimum atomic E-state index is -0.416. The van der Waals surface area contributed by atoms with Gasteiger partial charge in [-0.25, -0.2) is 0 Å². The Kier molecular flexibility index (Phi) is 9.49. The van der Waals surface area contributed by atoms with E-state index in [2.05, 4.69) is 0 Å². The van der Waals surface area contributed by atoms with Crippen LogP contribution in [0.25, 0.3) is 0 Å². The molecular weight excluding hydrogens is 220 g/mol. The second-order valence-electron chi connectivity index (χ2n) is 4.20. The van der Waals surface area contributed by atoms with Crippen molar-refractivity contribution in [2.24, 2.45) is 5.92 Å². The van der Waals surface area contributed by atoms with Crippen LogP contribution in [-0.4, -0.2) is 25.2 Å². The van der Waals surface area contributed by atoms with Gasteiger partial charge in [-0.2, -0.15) is 0 Å². The van der Waals surface area contributed by atoms with Gasteiger partial charge in [0.05, 0.1) is 25.6 Å². The van der Waals surface area contributed by atoms with Gasteiger partial charge in [0, 0.05) is 0 Å². The van der Waals surface area contributed by atoms with E-state index in [-0.39, 0.29) is 18.4 Å². The Bertz CT molecular complexity index is 225. The third kappa shape index (κ3) is 8.72. The van der Waals surface area contributed by atoms with Gasteiger partial charge >= 0.3 is 11.9 Å². The summed E-state index contributed by atoms with van der Waals surface area (Å²) in [6.07, 6.45) is 3.80. The number of rotatable bonds is 9. The summed E-state index contributed by atoms with van der Waals surface area (Å²) < 4.78 is 10.0. The number of hydrogen-bond acceptors (Lipinski definition) is 4. The first kappa shape index (κ1) is 15.9. The normalized spacial score (nSPS) is 11.9. The molecule has 0 spiro atoms. The lowest BCUT2D eigenvalue weighted by Gasteiger charge is -2.10. The minimum absolute atomic E-state index is 0.106. The lowest BCUT2D eigenvalue weighted by atomic mass is 10.1. The molecule has 0 aliphatic heterocycles. The molecular formula is C13H24O4. The monoisotopic (exact) mass is 244 g/mol. The number of carbonyl (C=O) groups excluding carboxylic acids is 2. The van der Waals surface area contributed by atoms with Crippen molar-refractivity contribution in [3.63, 3.8) is 0 Å². The zero-order valence-corrected chi connectivity index (χ0v) is 11.2. The van der Waals surface area contributed by atoms with E-state index in [4.69, 9.17) is 9.47 Å². The van der Waals surface area contributed by atoms with Gasteiger partial charge in [0.2, 0.25) is 0 Å². The van der Waals surface area contributed by atoms with Gasteiger partial charge in [0.15, 0.2) is 0 Å². The summed E-state index contributed by atoms with van der Waals surface area (Å²) in [6.45, 7) is 6.62. The van der Waals surface area contributed by atoms with Crippen LogP contribution < -0.4 is 0 Å². The van der Waals surface area contributed by atoms with E-state index in [0.717, 1.165) is 25.7 Å². The van der Waals surface area contributed by atoms with Crippen molar-refractivity contribution in [3.8, 4) is 0 Å². The fraction of sp³-hybridized carbons (Fsp3) is 0.846. The fourth-order valence-corrected chi connectivity index (χ4v) is 1.18. The molecule has 17 heavy (non-hydrogen) atoms. The van der Waals surface area contributed by atoms with Crippen LogP contribution in [0.2, 0.25) is 0 Å². The maximum atomic E-state index is 11.5. The summed E-state index contributed by atoms with van der Waals surface area (Å²) >= 11 is 0. The van der Waals surface area contributed by atoms with Crippen LogP contribution >= 0.6 is 0 Å². The highest BCUT2D eigenvalue weighted by atomic mass is 16.5. The third-order valence-corrected chi connectivity index (χ3v) is 2.38.